The molecule has 3 atom stereocenters. The summed E-state index contributed by atoms with van der Waals surface area (Å²) in [7, 11) is 0. The number of nitrogens with zero attached hydrogens (tertiary/aromatic N) is 2. The van der Waals surface area contributed by atoms with Crippen LogP contribution in [-0.2, 0) is 20.9 Å². The van der Waals surface area contributed by atoms with Gasteiger partial charge < -0.3 is 14.8 Å². The van der Waals surface area contributed by atoms with Crippen molar-refractivity contribution in [3.63, 3.8) is 0 Å². The number of hydrogen-bond donors (Lipinski definition) is 1. The fraction of sp³-hybridized carbons (Fsp3) is 0.583. The summed E-state index contributed by atoms with van der Waals surface area (Å²) in [5.74, 6) is -0.162. The molecular formula is C12H15N3O3S. The van der Waals surface area contributed by atoms with Crippen molar-refractivity contribution in [2.45, 2.75) is 32.2 Å². The Morgan fingerprint density at radius 1 is 1.58 bits per heavy atom. The summed E-state index contributed by atoms with van der Waals surface area (Å²) in [6.45, 7) is 2.99. The topological polar surface area (TPSA) is 73.3 Å². The molecule has 2 bridgehead atoms. The van der Waals surface area contributed by atoms with Crippen molar-refractivity contribution in [3.05, 3.63) is 17.2 Å². The molecule has 0 aliphatic carbocycles. The van der Waals surface area contributed by atoms with Crippen LogP contribution in [0.1, 0.15) is 18.4 Å². The zero-order chi connectivity index (χ0) is 13.2. The van der Waals surface area contributed by atoms with Gasteiger partial charge in [-0.25, -0.2) is 0 Å². The second-order valence-electron chi connectivity index (χ2n) is 4.49. The summed E-state index contributed by atoms with van der Waals surface area (Å²) >= 11 is 1.34. The van der Waals surface area contributed by atoms with Crippen LogP contribution in [0.2, 0.25) is 0 Å². The number of carbonyl (C=O) groups excluding carboxylic acids is 1. The molecule has 2 aliphatic heterocycles. The third kappa shape index (κ3) is 2.68. The molecule has 3 rings (SSSR count). The van der Waals surface area contributed by atoms with Crippen LogP contribution in [0.15, 0.2) is 12.2 Å². The molecule has 0 saturated carbocycles. The predicted octanol–water partition coefficient (Wildman–Crippen LogP) is 1.36. The van der Waals surface area contributed by atoms with Crippen molar-refractivity contribution in [2.24, 2.45) is 5.92 Å². The fourth-order valence-corrected chi connectivity index (χ4v) is 2.96. The third-order valence-corrected chi connectivity index (χ3v) is 4.01. The van der Waals surface area contributed by atoms with Gasteiger partial charge in [0.25, 0.3) is 0 Å². The van der Waals surface area contributed by atoms with E-state index < -0.39 is 0 Å². The van der Waals surface area contributed by atoms with E-state index in [2.05, 4.69) is 15.5 Å². The molecule has 3 heterocycles. The zero-order valence-electron chi connectivity index (χ0n) is 10.5. The molecule has 0 spiro atoms. The number of fused-ring (bicyclic) bond motifs is 2. The third-order valence-electron chi connectivity index (χ3n) is 3.19. The van der Waals surface area contributed by atoms with Gasteiger partial charge >= 0.3 is 0 Å². The minimum Gasteiger partial charge on any atom is -0.374 e. The van der Waals surface area contributed by atoms with Crippen molar-refractivity contribution in [2.75, 3.05) is 11.9 Å². The summed E-state index contributed by atoms with van der Waals surface area (Å²) < 4.78 is 10.8. The lowest BCUT2D eigenvalue weighted by molar-refractivity contribution is -0.120. The number of aromatic nitrogens is 2. The van der Waals surface area contributed by atoms with Crippen molar-refractivity contribution in [1.82, 2.24) is 10.2 Å². The highest BCUT2D eigenvalue weighted by molar-refractivity contribution is 7.15. The molecule has 0 unspecified atom stereocenters. The van der Waals surface area contributed by atoms with Crippen molar-refractivity contribution < 1.29 is 14.3 Å². The second kappa shape index (κ2) is 5.36. The van der Waals surface area contributed by atoms with E-state index in [1.807, 2.05) is 19.1 Å². The molecule has 1 fully saturated rings. The number of rotatable bonds is 5. The normalized spacial score (nSPS) is 27.9. The quantitative estimate of drug-likeness (QED) is 0.825. The highest BCUT2D eigenvalue weighted by atomic mass is 32.1. The van der Waals surface area contributed by atoms with E-state index in [0.29, 0.717) is 18.3 Å². The molecule has 0 aromatic carbocycles. The summed E-state index contributed by atoms with van der Waals surface area (Å²) in [5.41, 5.74) is 0. The standard InChI is InChI=1S/C12H15N3O3S/c1-2-17-6-10-14-15-12(19-10)13-11(16)8-5-7-3-4-9(8)18-7/h3-4,7-9H,2,5-6H2,1H3,(H,13,15,16)/t7-,8-,9+/m0/s1. The number of anilines is 1. The minimum absolute atomic E-state index is 0.0454. The summed E-state index contributed by atoms with van der Waals surface area (Å²) in [4.78, 5) is 12.1. The molecule has 1 aromatic heterocycles. The van der Waals surface area contributed by atoms with Crippen molar-refractivity contribution >= 4 is 22.4 Å². The Hall–Kier alpha value is -1.31. The Morgan fingerprint density at radius 3 is 3.16 bits per heavy atom. The van der Waals surface area contributed by atoms with Gasteiger partial charge in [-0.3, -0.25) is 4.79 Å². The maximum atomic E-state index is 12.1. The minimum atomic E-state index is -0.116. The first-order valence-corrected chi connectivity index (χ1v) is 7.12. The molecular weight excluding hydrogens is 266 g/mol. The van der Waals surface area contributed by atoms with Gasteiger partial charge in [0.15, 0.2) is 0 Å². The monoisotopic (exact) mass is 281 g/mol. The van der Waals surface area contributed by atoms with E-state index in [-0.39, 0.29) is 24.0 Å². The first-order valence-electron chi connectivity index (χ1n) is 6.31. The Bertz CT molecular complexity index is 502. The molecule has 19 heavy (non-hydrogen) atoms. The Kier molecular flexibility index (Phi) is 3.58. The molecule has 1 N–H and O–H groups in total. The van der Waals surface area contributed by atoms with E-state index in [1.165, 1.54) is 11.3 Å². The smallest absolute Gasteiger partial charge is 0.232 e. The lowest BCUT2D eigenvalue weighted by Gasteiger charge is -2.13. The second-order valence-corrected chi connectivity index (χ2v) is 5.56. The summed E-state index contributed by atoms with van der Waals surface area (Å²) in [6, 6.07) is 0. The van der Waals surface area contributed by atoms with Gasteiger partial charge in [-0.15, -0.1) is 10.2 Å². The Balaban J connectivity index is 1.57. The van der Waals surface area contributed by atoms with E-state index in [9.17, 15) is 4.79 Å². The van der Waals surface area contributed by atoms with E-state index >= 15 is 0 Å². The van der Waals surface area contributed by atoms with Crippen molar-refractivity contribution in [3.8, 4) is 0 Å². The lowest BCUT2D eigenvalue weighted by atomic mass is 9.94. The average molecular weight is 281 g/mol. The van der Waals surface area contributed by atoms with Gasteiger partial charge in [0.05, 0.1) is 18.1 Å². The number of amides is 1. The number of hydrogen-bond acceptors (Lipinski definition) is 6. The molecule has 6 nitrogen and oxygen atoms in total. The van der Waals surface area contributed by atoms with Crippen LogP contribution in [-0.4, -0.2) is 34.9 Å². The first kappa shape index (κ1) is 12.7. The number of nitrogens with one attached hydrogen (secondary N) is 1. The molecule has 1 aromatic rings. The average Bonchev–Trinajstić information content (AvgIpc) is 3.12. The Labute approximate surface area is 114 Å². The van der Waals surface area contributed by atoms with Crippen LogP contribution in [0.4, 0.5) is 5.13 Å². The highest BCUT2D eigenvalue weighted by Crippen LogP contribution is 2.34. The maximum absolute atomic E-state index is 12.1. The Morgan fingerprint density at radius 2 is 2.47 bits per heavy atom. The van der Waals surface area contributed by atoms with E-state index in [1.54, 1.807) is 0 Å². The molecule has 2 aliphatic rings. The number of carbonyl (C=O) groups is 1. The maximum Gasteiger partial charge on any atom is 0.232 e. The lowest BCUT2D eigenvalue weighted by Crippen LogP contribution is -2.28. The van der Waals surface area contributed by atoms with Gasteiger partial charge in [-0.1, -0.05) is 23.5 Å². The van der Waals surface area contributed by atoms with Crippen LogP contribution in [0.25, 0.3) is 0 Å². The van der Waals surface area contributed by atoms with Gasteiger partial charge in [0.1, 0.15) is 11.6 Å². The van der Waals surface area contributed by atoms with Gasteiger partial charge in [0.2, 0.25) is 11.0 Å². The van der Waals surface area contributed by atoms with Crippen LogP contribution < -0.4 is 5.32 Å². The predicted molar refractivity (Wildman–Crippen MR) is 69.8 cm³/mol. The first-order chi connectivity index (χ1) is 9.26. The fourth-order valence-electron chi connectivity index (χ4n) is 2.28. The van der Waals surface area contributed by atoms with Gasteiger partial charge in [-0.05, 0) is 13.3 Å². The highest BCUT2D eigenvalue weighted by Gasteiger charge is 2.41. The molecule has 1 saturated heterocycles. The molecule has 102 valence electrons. The van der Waals surface area contributed by atoms with Crippen molar-refractivity contribution in [1.29, 1.82) is 0 Å². The molecule has 0 radical (unpaired) electrons. The molecule has 7 heteroatoms. The largest absolute Gasteiger partial charge is 0.374 e. The van der Waals surface area contributed by atoms with Gasteiger partial charge in [0, 0.05) is 6.61 Å². The van der Waals surface area contributed by atoms with E-state index in [0.717, 1.165) is 11.4 Å². The summed E-state index contributed by atoms with van der Waals surface area (Å²) in [6.07, 6.45) is 4.74. The number of ether oxygens (including phenoxy) is 2. The van der Waals surface area contributed by atoms with E-state index in [4.69, 9.17) is 9.47 Å². The molecule has 1 amide bonds. The van der Waals surface area contributed by atoms with Crippen LogP contribution in [0.5, 0.6) is 0 Å². The SMILES string of the molecule is CCOCc1nnc(NC(=O)[C@H]2C[C@@H]3C=C[C@H]2O3)s1. The van der Waals surface area contributed by atoms with Crippen LogP contribution in [0.3, 0.4) is 0 Å². The zero-order valence-corrected chi connectivity index (χ0v) is 11.4. The van der Waals surface area contributed by atoms with Crippen LogP contribution >= 0.6 is 11.3 Å². The van der Waals surface area contributed by atoms with Crippen LogP contribution in [0, 0.1) is 5.92 Å². The van der Waals surface area contributed by atoms with Gasteiger partial charge in [-0.2, -0.15) is 0 Å². The summed E-state index contributed by atoms with van der Waals surface area (Å²) in [5, 5.41) is 12.0.